The quantitative estimate of drug-likeness (QED) is 0.876. The summed E-state index contributed by atoms with van der Waals surface area (Å²) in [7, 11) is 0. The lowest BCUT2D eigenvalue weighted by Crippen LogP contribution is -2.25. The predicted molar refractivity (Wildman–Crippen MR) is 60.7 cm³/mol. The van der Waals surface area contributed by atoms with Crippen LogP contribution in [0.5, 0.6) is 0 Å². The van der Waals surface area contributed by atoms with Crippen molar-refractivity contribution in [3.63, 3.8) is 0 Å². The lowest BCUT2D eigenvalue weighted by molar-refractivity contribution is 0.0926. The number of carbonyl (C=O) groups is 1. The standard InChI is InChI=1S/C12H14N2O3/c1-8-10(9(2)17-14-8)5-6-13-12(15)11-4-3-7-16-11/h3-4,7H,5-6H2,1-2H3,(H,13,15). The second kappa shape index (κ2) is 4.86. The molecule has 0 aliphatic rings. The summed E-state index contributed by atoms with van der Waals surface area (Å²) in [5, 5.41) is 6.63. The zero-order valence-corrected chi connectivity index (χ0v) is 9.82. The lowest BCUT2D eigenvalue weighted by Gasteiger charge is -2.02. The average molecular weight is 234 g/mol. The minimum Gasteiger partial charge on any atom is -0.459 e. The van der Waals surface area contributed by atoms with Gasteiger partial charge in [-0.2, -0.15) is 0 Å². The van der Waals surface area contributed by atoms with Gasteiger partial charge in [-0.1, -0.05) is 5.16 Å². The molecule has 2 aromatic rings. The first-order valence-electron chi connectivity index (χ1n) is 5.42. The van der Waals surface area contributed by atoms with Crippen molar-refractivity contribution in [1.82, 2.24) is 10.5 Å². The fourth-order valence-electron chi connectivity index (χ4n) is 1.65. The molecule has 0 unspecified atom stereocenters. The monoisotopic (exact) mass is 234 g/mol. The van der Waals surface area contributed by atoms with E-state index < -0.39 is 0 Å². The largest absolute Gasteiger partial charge is 0.459 e. The lowest BCUT2D eigenvalue weighted by atomic mass is 10.1. The van der Waals surface area contributed by atoms with Gasteiger partial charge in [0.25, 0.3) is 5.91 Å². The SMILES string of the molecule is Cc1noc(C)c1CCNC(=O)c1ccco1. The van der Waals surface area contributed by atoms with E-state index in [-0.39, 0.29) is 5.91 Å². The number of hydrogen-bond acceptors (Lipinski definition) is 4. The molecule has 2 aromatic heterocycles. The van der Waals surface area contributed by atoms with Crippen LogP contribution in [-0.4, -0.2) is 17.6 Å². The molecular formula is C12H14N2O3. The van der Waals surface area contributed by atoms with E-state index in [1.54, 1.807) is 12.1 Å². The van der Waals surface area contributed by atoms with Crippen molar-refractivity contribution in [2.45, 2.75) is 20.3 Å². The summed E-state index contributed by atoms with van der Waals surface area (Å²) in [5.74, 6) is 0.917. The number of aromatic nitrogens is 1. The summed E-state index contributed by atoms with van der Waals surface area (Å²) in [6.45, 7) is 4.28. The van der Waals surface area contributed by atoms with Crippen molar-refractivity contribution < 1.29 is 13.7 Å². The van der Waals surface area contributed by atoms with Gasteiger partial charge in [0.15, 0.2) is 5.76 Å². The fourth-order valence-corrected chi connectivity index (χ4v) is 1.65. The Morgan fingerprint density at radius 1 is 1.47 bits per heavy atom. The molecule has 5 nitrogen and oxygen atoms in total. The minimum absolute atomic E-state index is 0.207. The highest BCUT2D eigenvalue weighted by Crippen LogP contribution is 2.12. The fraction of sp³-hybridized carbons (Fsp3) is 0.333. The Balaban J connectivity index is 1.86. The summed E-state index contributed by atoms with van der Waals surface area (Å²) < 4.78 is 10.0. The minimum atomic E-state index is -0.207. The maximum Gasteiger partial charge on any atom is 0.286 e. The molecule has 1 N–H and O–H groups in total. The average Bonchev–Trinajstić information content (AvgIpc) is 2.93. The van der Waals surface area contributed by atoms with Gasteiger partial charge in [0, 0.05) is 12.1 Å². The van der Waals surface area contributed by atoms with Crippen LogP contribution >= 0.6 is 0 Å². The van der Waals surface area contributed by atoms with Crippen molar-refractivity contribution >= 4 is 5.91 Å². The first-order valence-corrected chi connectivity index (χ1v) is 5.42. The third-order valence-electron chi connectivity index (χ3n) is 2.59. The van der Waals surface area contributed by atoms with E-state index in [0.29, 0.717) is 18.7 Å². The van der Waals surface area contributed by atoms with Gasteiger partial charge in [-0.3, -0.25) is 4.79 Å². The maximum atomic E-state index is 11.6. The number of amides is 1. The van der Waals surface area contributed by atoms with Gasteiger partial charge >= 0.3 is 0 Å². The molecule has 1 amide bonds. The van der Waals surface area contributed by atoms with Gasteiger partial charge in [-0.25, -0.2) is 0 Å². The highest BCUT2D eigenvalue weighted by molar-refractivity contribution is 5.91. The molecule has 0 fully saturated rings. The third-order valence-corrected chi connectivity index (χ3v) is 2.59. The van der Waals surface area contributed by atoms with Crippen LogP contribution in [0.4, 0.5) is 0 Å². The van der Waals surface area contributed by atoms with E-state index in [1.165, 1.54) is 6.26 Å². The summed E-state index contributed by atoms with van der Waals surface area (Å²) >= 11 is 0. The Morgan fingerprint density at radius 2 is 2.29 bits per heavy atom. The molecule has 17 heavy (non-hydrogen) atoms. The predicted octanol–water partition coefficient (Wildman–Crippen LogP) is 1.86. The molecule has 0 aromatic carbocycles. The Bertz CT molecular complexity index is 480. The first kappa shape index (κ1) is 11.4. The Labute approximate surface area is 98.8 Å². The molecule has 2 heterocycles. The van der Waals surface area contributed by atoms with Gasteiger partial charge in [0.05, 0.1) is 12.0 Å². The highest BCUT2D eigenvalue weighted by atomic mass is 16.5. The zero-order chi connectivity index (χ0) is 12.3. The van der Waals surface area contributed by atoms with Crippen LogP contribution in [0.25, 0.3) is 0 Å². The number of nitrogens with zero attached hydrogens (tertiary/aromatic N) is 1. The Morgan fingerprint density at radius 3 is 2.88 bits per heavy atom. The molecule has 2 rings (SSSR count). The summed E-state index contributed by atoms with van der Waals surface area (Å²) in [6, 6.07) is 3.31. The molecule has 0 aliphatic carbocycles. The second-order valence-electron chi connectivity index (χ2n) is 3.79. The number of aryl methyl sites for hydroxylation is 2. The van der Waals surface area contributed by atoms with Crippen LogP contribution in [0, 0.1) is 13.8 Å². The van der Waals surface area contributed by atoms with Crippen molar-refractivity contribution in [2.24, 2.45) is 0 Å². The van der Waals surface area contributed by atoms with Gasteiger partial charge in [-0.05, 0) is 32.4 Å². The van der Waals surface area contributed by atoms with E-state index in [4.69, 9.17) is 8.94 Å². The summed E-state index contributed by atoms with van der Waals surface area (Å²) in [5.41, 5.74) is 1.92. The van der Waals surface area contributed by atoms with E-state index in [1.807, 2.05) is 13.8 Å². The van der Waals surface area contributed by atoms with Crippen LogP contribution in [0.15, 0.2) is 27.3 Å². The molecule has 0 bridgehead atoms. The first-order chi connectivity index (χ1) is 8.18. The number of furan rings is 1. The molecule has 5 heteroatoms. The van der Waals surface area contributed by atoms with E-state index >= 15 is 0 Å². The number of rotatable bonds is 4. The molecule has 0 saturated carbocycles. The van der Waals surface area contributed by atoms with Crippen molar-refractivity contribution in [2.75, 3.05) is 6.54 Å². The molecule has 0 saturated heterocycles. The van der Waals surface area contributed by atoms with E-state index in [9.17, 15) is 4.79 Å². The van der Waals surface area contributed by atoms with E-state index in [0.717, 1.165) is 17.0 Å². The third kappa shape index (κ3) is 2.55. The molecule has 0 aliphatic heterocycles. The van der Waals surface area contributed by atoms with Crippen LogP contribution in [0.2, 0.25) is 0 Å². The zero-order valence-electron chi connectivity index (χ0n) is 9.82. The maximum absolute atomic E-state index is 11.6. The van der Waals surface area contributed by atoms with Gasteiger partial charge in [0.2, 0.25) is 0 Å². The highest BCUT2D eigenvalue weighted by Gasteiger charge is 2.11. The Hall–Kier alpha value is -2.04. The number of carbonyl (C=O) groups excluding carboxylic acids is 1. The molecular weight excluding hydrogens is 220 g/mol. The van der Waals surface area contributed by atoms with Crippen LogP contribution in [0.1, 0.15) is 27.6 Å². The van der Waals surface area contributed by atoms with Crippen molar-refractivity contribution in [3.8, 4) is 0 Å². The molecule has 0 radical (unpaired) electrons. The smallest absolute Gasteiger partial charge is 0.286 e. The van der Waals surface area contributed by atoms with Crippen LogP contribution in [-0.2, 0) is 6.42 Å². The van der Waals surface area contributed by atoms with Crippen LogP contribution < -0.4 is 5.32 Å². The van der Waals surface area contributed by atoms with Gasteiger partial charge < -0.3 is 14.3 Å². The number of hydrogen-bond donors (Lipinski definition) is 1. The molecule has 0 atom stereocenters. The van der Waals surface area contributed by atoms with Gasteiger partial charge in [-0.15, -0.1) is 0 Å². The Kier molecular flexibility index (Phi) is 3.27. The summed E-state index contributed by atoms with van der Waals surface area (Å²) in [4.78, 5) is 11.6. The number of nitrogens with one attached hydrogen (secondary N) is 1. The normalized spacial score (nSPS) is 10.5. The topological polar surface area (TPSA) is 68.3 Å². The molecule has 90 valence electrons. The van der Waals surface area contributed by atoms with Crippen molar-refractivity contribution in [1.29, 1.82) is 0 Å². The van der Waals surface area contributed by atoms with E-state index in [2.05, 4.69) is 10.5 Å². The van der Waals surface area contributed by atoms with Crippen LogP contribution in [0.3, 0.4) is 0 Å². The summed E-state index contributed by atoms with van der Waals surface area (Å²) in [6.07, 6.45) is 2.18. The molecule has 0 spiro atoms. The van der Waals surface area contributed by atoms with Gasteiger partial charge in [0.1, 0.15) is 5.76 Å². The second-order valence-corrected chi connectivity index (χ2v) is 3.79. The van der Waals surface area contributed by atoms with Crippen molar-refractivity contribution in [3.05, 3.63) is 41.2 Å².